The Morgan fingerprint density at radius 3 is 2.61 bits per heavy atom. The van der Waals surface area contributed by atoms with Crippen molar-refractivity contribution < 1.29 is 29.0 Å². The summed E-state index contributed by atoms with van der Waals surface area (Å²) in [6.45, 7) is 3.90. The monoisotopic (exact) mass is 562 g/mol. The molecule has 1 aliphatic rings. The van der Waals surface area contributed by atoms with Crippen molar-refractivity contribution in [1.82, 2.24) is 19.8 Å². The number of hydrogen-bond donors (Lipinski definition) is 3. The summed E-state index contributed by atoms with van der Waals surface area (Å²) in [5.74, 6) is -0.268. The smallest absolute Gasteiger partial charge is 0.321 e. The predicted octanol–water partition coefficient (Wildman–Crippen LogP) is 3.12. The lowest BCUT2D eigenvalue weighted by atomic mass is 9.99. The van der Waals surface area contributed by atoms with Crippen molar-refractivity contribution in [2.24, 2.45) is 5.92 Å². The van der Waals surface area contributed by atoms with Crippen LogP contribution in [0.4, 0.5) is 16.2 Å². The van der Waals surface area contributed by atoms with Gasteiger partial charge >= 0.3 is 6.03 Å². The minimum absolute atomic E-state index is 0.0951. The maximum atomic E-state index is 13.6. The van der Waals surface area contributed by atoms with Crippen LogP contribution in [0.15, 0.2) is 61.1 Å². The van der Waals surface area contributed by atoms with Gasteiger partial charge in [-0.2, -0.15) is 0 Å². The Balaban J connectivity index is 1.62. The van der Waals surface area contributed by atoms with Gasteiger partial charge in [-0.3, -0.25) is 14.6 Å². The van der Waals surface area contributed by atoms with Gasteiger partial charge in [0.1, 0.15) is 17.5 Å². The third kappa shape index (κ3) is 6.90. The van der Waals surface area contributed by atoms with E-state index in [1.165, 1.54) is 23.5 Å². The minimum atomic E-state index is -0.573. The van der Waals surface area contributed by atoms with Gasteiger partial charge in [-0.15, -0.1) is 0 Å². The number of hydrogen-bond acceptors (Lipinski definition) is 8. The molecule has 41 heavy (non-hydrogen) atoms. The molecule has 0 fully saturated rings. The zero-order chi connectivity index (χ0) is 29.5. The van der Waals surface area contributed by atoms with Crippen LogP contribution in [0.5, 0.6) is 11.5 Å². The van der Waals surface area contributed by atoms with Gasteiger partial charge in [-0.05, 0) is 43.3 Å². The van der Waals surface area contributed by atoms with Gasteiger partial charge in [0.25, 0.3) is 11.8 Å². The number of aliphatic hydroxyl groups excluding tert-OH is 1. The van der Waals surface area contributed by atoms with E-state index in [0.29, 0.717) is 11.4 Å². The molecular weight excluding hydrogens is 528 g/mol. The number of carbonyl (C=O) groups excluding carboxylic acids is 3. The summed E-state index contributed by atoms with van der Waals surface area (Å²) in [6, 6.07) is 11.0. The minimum Gasteiger partial charge on any atom is -0.497 e. The number of aliphatic hydroxyl groups is 1. The van der Waals surface area contributed by atoms with Gasteiger partial charge < -0.3 is 35.0 Å². The molecule has 0 saturated heterocycles. The van der Waals surface area contributed by atoms with Gasteiger partial charge in [0.15, 0.2) is 5.75 Å². The number of nitrogens with zero attached hydrogens (tertiary/aromatic N) is 4. The molecule has 0 radical (unpaired) electrons. The Morgan fingerprint density at radius 2 is 1.95 bits per heavy atom. The van der Waals surface area contributed by atoms with E-state index in [2.05, 4.69) is 20.6 Å². The first-order chi connectivity index (χ1) is 19.7. The van der Waals surface area contributed by atoms with Crippen molar-refractivity contribution in [3.63, 3.8) is 0 Å². The van der Waals surface area contributed by atoms with Crippen molar-refractivity contribution in [2.45, 2.75) is 26.0 Å². The van der Waals surface area contributed by atoms with Gasteiger partial charge in [-0.25, -0.2) is 9.78 Å². The Hall–Kier alpha value is -4.71. The number of likely N-dealkylation sites (N-methyl/N-ethyl adjacent to an activating group) is 1. The number of nitrogens with one attached hydrogen (secondary N) is 2. The molecule has 1 aromatic heterocycles. The molecule has 12 nitrogen and oxygen atoms in total. The summed E-state index contributed by atoms with van der Waals surface area (Å²) in [4.78, 5) is 50.7. The molecule has 3 aromatic rings. The van der Waals surface area contributed by atoms with Crippen molar-refractivity contribution >= 4 is 29.2 Å². The number of fused-ring (bicyclic) bond motifs is 1. The lowest BCUT2D eigenvalue weighted by Gasteiger charge is -2.38. The number of para-hydroxylation sites is 1. The molecule has 0 unspecified atom stereocenters. The second kappa shape index (κ2) is 13.1. The number of amides is 4. The Labute approximate surface area is 238 Å². The highest BCUT2D eigenvalue weighted by Crippen LogP contribution is 2.35. The van der Waals surface area contributed by atoms with Crippen molar-refractivity contribution in [2.75, 3.05) is 44.5 Å². The second-order valence-electron chi connectivity index (χ2n) is 9.89. The average molecular weight is 563 g/mol. The molecule has 3 atom stereocenters. The number of methoxy groups -OCH3 is 1. The van der Waals surface area contributed by atoms with Gasteiger partial charge in [0, 0.05) is 37.6 Å². The van der Waals surface area contributed by atoms with Crippen molar-refractivity contribution in [1.29, 1.82) is 0 Å². The number of ether oxygens (including phenoxy) is 2. The number of urea groups is 1. The fourth-order valence-electron chi connectivity index (χ4n) is 4.41. The maximum Gasteiger partial charge on any atom is 0.321 e. The van der Waals surface area contributed by atoms with Crippen LogP contribution in [-0.4, -0.2) is 88.7 Å². The number of carbonyl (C=O) groups is 3. The van der Waals surface area contributed by atoms with Crippen LogP contribution in [0.2, 0.25) is 0 Å². The highest BCUT2D eigenvalue weighted by molar-refractivity contribution is 6.06. The fraction of sp³-hybridized carbons (Fsp3) is 0.345. The standard InChI is InChI=1S/C29H34N6O6/c1-18-15-35(19(2)17-36)28(38)22-6-5-7-23(33-27(37)24-14-30-12-13-31-24)26(22)41-25(18)16-34(3)29(39)32-20-8-10-21(40-4)11-9-20/h5-14,18-19,25,36H,15-17H2,1-4H3,(H,32,39)(H,33,37)/t18-,19-,25+/m1/s1. The summed E-state index contributed by atoms with van der Waals surface area (Å²) in [5, 5.41) is 15.5. The quantitative estimate of drug-likeness (QED) is 0.380. The zero-order valence-electron chi connectivity index (χ0n) is 23.4. The molecule has 0 saturated carbocycles. The maximum absolute atomic E-state index is 13.6. The number of benzene rings is 2. The summed E-state index contributed by atoms with van der Waals surface area (Å²) < 4.78 is 11.6. The Bertz CT molecular complexity index is 1370. The number of rotatable bonds is 8. The summed E-state index contributed by atoms with van der Waals surface area (Å²) in [7, 11) is 3.22. The molecule has 2 heterocycles. The number of aromatic nitrogens is 2. The molecule has 0 spiro atoms. The number of anilines is 2. The summed E-state index contributed by atoms with van der Waals surface area (Å²) in [5.41, 5.74) is 1.19. The molecular formula is C29H34N6O6. The van der Waals surface area contributed by atoms with Gasteiger partial charge in [-0.1, -0.05) is 13.0 Å². The van der Waals surface area contributed by atoms with E-state index >= 15 is 0 Å². The van der Waals surface area contributed by atoms with Crippen molar-refractivity contribution in [3.8, 4) is 11.5 Å². The molecule has 0 aliphatic carbocycles. The van der Waals surface area contributed by atoms with Crippen LogP contribution in [0.3, 0.4) is 0 Å². The zero-order valence-corrected chi connectivity index (χ0v) is 23.4. The normalized spacial score (nSPS) is 17.3. The van der Waals surface area contributed by atoms with Crippen LogP contribution < -0.4 is 20.1 Å². The topological polar surface area (TPSA) is 146 Å². The first kappa shape index (κ1) is 29.3. The average Bonchev–Trinajstić information content (AvgIpc) is 2.99. The first-order valence-electron chi connectivity index (χ1n) is 13.2. The molecule has 2 aromatic carbocycles. The van der Waals surface area contributed by atoms with E-state index in [4.69, 9.17) is 9.47 Å². The van der Waals surface area contributed by atoms with Crippen LogP contribution in [0.25, 0.3) is 0 Å². The SMILES string of the molecule is COc1ccc(NC(=O)N(C)C[C@@H]2Oc3c(NC(=O)c4cnccn4)cccc3C(=O)N([C@H](C)CO)C[C@H]2C)cc1. The second-order valence-corrected chi connectivity index (χ2v) is 9.89. The van der Waals surface area contributed by atoms with E-state index in [9.17, 15) is 19.5 Å². The molecule has 0 bridgehead atoms. The van der Waals surface area contributed by atoms with E-state index in [-0.39, 0.29) is 60.2 Å². The summed E-state index contributed by atoms with van der Waals surface area (Å²) in [6.07, 6.45) is 3.63. The van der Waals surface area contributed by atoms with Crippen LogP contribution in [-0.2, 0) is 0 Å². The fourth-order valence-corrected chi connectivity index (χ4v) is 4.41. The Kier molecular flexibility index (Phi) is 9.35. The van der Waals surface area contributed by atoms with Gasteiger partial charge in [0.2, 0.25) is 0 Å². The molecule has 4 amide bonds. The Morgan fingerprint density at radius 1 is 1.20 bits per heavy atom. The van der Waals surface area contributed by atoms with Gasteiger partial charge in [0.05, 0.1) is 43.8 Å². The molecule has 216 valence electrons. The highest BCUT2D eigenvalue weighted by atomic mass is 16.5. The lowest BCUT2D eigenvalue weighted by molar-refractivity contribution is 0.0372. The third-order valence-electron chi connectivity index (χ3n) is 6.88. The molecule has 1 aliphatic heterocycles. The van der Waals surface area contributed by atoms with E-state index in [1.807, 2.05) is 6.92 Å². The van der Waals surface area contributed by atoms with E-state index in [0.717, 1.165) is 0 Å². The third-order valence-corrected chi connectivity index (χ3v) is 6.88. The lowest BCUT2D eigenvalue weighted by Crippen LogP contribution is -2.50. The van der Waals surface area contributed by atoms with Crippen LogP contribution in [0.1, 0.15) is 34.7 Å². The van der Waals surface area contributed by atoms with Crippen LogP contribution in [0, 0.1) is 5.92 Å². The largest absolute Gasteiger partial charge is 0.497 e. The molecule has 4 rings (SSSR count). The highest BCUT2D eigenvalue weighted by Gasteiger charge is 2.35. The van der Waals surface area contributed by atoms with Crippen molar-refractivity contribution in [3.05, 3.63) is 72.3 Å². The molecule has 3 N–H and O–H groups in total. The predicted molar refractivity (Wildman–Crippen MR) is 152 cm³/mol. The molecule has 12 heteroatoms. The van der Waals surface area contributed by atoms with Crippen LogP contribution >= 0.6 is 0 Å². The van der Waals surface area contributed by atoms with E-state index < -0.39 is 18.1 Å². The van der Waals surface area contributed by atoms with E-state index in [1.54, 1.807) is 68.4 Å². The first-order valence-corrected chi connectivity index (χ1v) is 13.2. The summed E-state index contributed by atoms with van der Waals surface area (Å²) >= 11 is 0.